The predicted octanol–water partition coefficient (Wildman–Crippen LogP) is 0.777. The number of halogens is 1. The minimum atomic E-state index is -0.609. The fourth-order valence-corrected chi connectivity index (χ4v) is 2.75. The second-order valence-electron chi connectivity index (χ2n) is 5.53. The molecule has 0 atom stereocenters. The lowest BCUT2D eigenvalue weighted by molar-refractivity contribution is 0.628. The number of H-pyrrole nitrogens is 1. The van der Waals surface area contributed by atoms with Crippen molar-refractivity contribution in [3.05, 3.63) is 56.0 Å². The van der Waals surface area contributed by atoms with Crippen molar-refractivity contribution in [2.24, 2.45) is 12.8 Å². The third kappa shape index (κ3) is 2.28. The Morgan fingerprint density at radius 1 is 1.33 bits per heavy atom. The molecular weight excluding hydrogens is 313 g/mol. The monoisotopic (exact) mass is 329 g/mol. The largest absolute Gasteiger partial charge is 0.383 e. The maximum atomic E-state index is 13.8. The maximum absolute atomic E-state index is 13.8. The van der Waals surface area contributed by atoms with Crippen molar-refractivity contribution in [2.45, 2.75) is 13.5 Å². The summed E-state index contributed by atoms with van der Waals surface area (Å²) in [6.07, 6.45) is 0. The van der Waals surface area contributed by atoms with Crippen molar-refractivity contribution in [2.75, 3.05) is 5.73 Å². The first-order chi connectivity index (χ1) is 11.3. The highest BCUT2D eigenvalue weighted by molar-refractivity contribution is 5.96. The van der Waals surface area contributed by atoms with Gasteiger partial charge in [-0.15, -0.1) is 0 Å². The number of nitrogens with two attached hydrogens (primary N) is 2. The smallest absolute Gasteiger partial charge is 0.329 e. The van der Waals surface area contributed by atoms with E-state index in [0.29, 0.717) is 16.7 Å². The average Bonchev–Trinajstić information content (AvgIpc) is 2.54. The van der Waals surface area contributed by atoms with Crippen LogP contribution in [0.1, 0.15) is 11.1 Å². The average molecular weight is 329 g/mol. The molecule has 2 heterocycles. The van der Waals surface area contributed by atoms with E-state index in [9.17, 15) is 14.0 Å². The molecule has 3 aromatic rings. The van der Waals surface area contributed by atoms with Crippen molar-refractivity contribution in [3.63, 3.8) is 0 Å². The fraction of sp³-hybridized carbons (Fsp3) is 0.188. The fourth-order valence-electron chi connectivity index (χ4n) is 2.75. The van der Waals surface area contributed by atoms with Crippen LogP contribution in [-0.2, 0) is 13.6 Å². The molecule has 8 heteroatoms. The van der Waals surface area contributed by atoms with Gasteiger partial charge >= 0.3 is 5.69 Å². The first-order valence-corrected chi connectivity index (χ1v) is 7.23. The predicted molar refractivity (Wildman–Crippen MR) is 90.0 cm³/mol. The second kappa shape index (κ2) is 5.57. The summed E-state index contributed by atoms with van der Waals surface area (Å²) in [5, 5.41) is 0.153. The molecule has 3 rings (SSSR count). The van der Waals surface area contributed by atoms with Crippen LogP contribution in [-0.4, -0.2) is 14.5 Å². The number of nitrogens with one attached hydrogen (secondary N) is 1. The van der Waals surface area contributed by atoms with E-state index in [4.69, 9.17) is 11.5 Å². The zero-order valence-corrected chi connectivity index (χ0v) is 13.2. The molecule has 0 bridgehead atoms. The number of nitrogens with zero attached hydrogens (tertiary/aromatic N) is 2. The molecule has 0 aliphatic heterocycles. The zero-order chi connectivity index (χ0) is 17.6. The van der Waals surface area contributed by atoms with E-state index in [1.165, 1.54) is 19.2 Å². The molecule has 0 fully saturated rings. The van der Waals surface area contributed by atoms with Crippen LogP contribution in [0, 0.1) is 12.7 Å². The quantitative estimate of drug-likeness (QED) is 0.641. The number of anilines is 1. The standard InChI is InChI=1S/C16H16FN5O2/c1-7-3-4-8(17)5-9(7)11-10(6-18)13(19)20-14-12(11)15(23)22(2)16(24)21-14/h3-5H,6,18H2,1-2H3,(H3,19,20,21,24). The summed E-state index contributed by atoms with van der Waals surface area (Å²) in [5.74, 6) is -0.365. The number of rotatable bonds is 2. The number of nitrogen functional groups attached to an aromatic ring is 1. The van der Waals surface area contributed by atoms with E-state index in [2.05, 4.69) is 9.97 Å². The number of pyridine rings is 1. The summed E-state index contributed by atoms with van der Waals surface area (Å²) in [7, 11) is 1.35. The molecule has 1 aromatic carbocycles. The molecule has 0 spiro atoms. The third-order valence-electron chi connectivity index (χ3n) is 4.05. The van der Waals surface area contributed by atoms with Crippen LogP contribution in [0.25, 0.3) is 22.2 Å². The number of hydrogen-bond donors (Lipinski definition) is 3. The number of fused-ring (bicyclic) bond motifs is 1. The van der Waals surface area contributed by atoms with Crippen LogP contribution in [0.5, 0.6) is 0 Å². The lowest BCUT2D eigenvalue weighted by Crippen LogP contribution is -2.33. The SMILES string of the molecule is Cc1ccc(F)cc1-c1c(CN)c(N)nc2[nH]c(=O)n(C)c(=O)c12. The van der Waals surface area contributed by atoms with Gasteiger partial charge in [0.05, 0.1) is 5.39 Å². The van der Waals surface area contributed by atoms with Gasteiger partial charge < -0.3 is 11.5 Å². The Bertz CT molecular complexity index is 1080. The second-order valence-corrected chi connectivity index (χ2v) is 5.53. The highest BCUT2D eigenvalue weighted by Crippen LogP contribution is 2.33. The molecule has 0 saturated carbocycles. The van der Waals surface area contributed by atoms with Crippen molar-refractivity contribution < 1.29 is 4.39 Å². The topological polar surface area (TPSA) is 120 Å². The summed E-state index contributed by atoms with van der Waals surface area (Å²) in [4.78, 5) is 31.1. The van der Waals surface area contributed by atoms with Crippen molar-refractivity contribution in [1.29, 1.82) is 0 Å². The number of hydrogen-bond acceptors (Lipinski definition) is 5. The van der Waals surface area contributed by atoms with Crippen molar-refractivity contribution in [1.82, 2.24) is 14.5 Å². The first kappa shape index (κ1) is 15.9. The molecule has 124 valence electrons. The highest BCUT2D eigenvalue weighted by atomic mass is 19.1. The summed E-state index contributed by atoms with van der Waals surface area (Å²) in [5.41, 5.74) is 12.7. The van der Waals surface area contributed by atoms with Gasteiger partial charge in [-0.05, 0) is 30.2 Å². The molecule has 0 radical (unpaired) electrons. The summed E-state index contributed by atoms with van der Waals surface area (Å²) >= 11 is 0. The molecule has 7 nitrogen and oxygen atoms in total. The Hall–Kier alpha value is -3.00. The van der Waals surface area contributed by atoms with Gasteiger partial charge in [0, 0.05) is 24.7 Å². The Morgan fingerprint density at radius 2 is 2.04 bits per heavy atom. The Kier molecular flexibility index (Phi) is 3.69. The summed E-state index contributed by atoms with van der Waals surface area (Å²) in [6.45, 7) is 1.80. The highest BCUT2D eigenvalue weighted by Gasteiger charge is 2.20. The zero-order valence-electron chi connectivity index (χ0n) is 13.2. The number of aromatic amines is 1. The summed E-state index contributed by atoms with van der Waals surface area (Å²) in [6, 6.07) is 4.24. The number of aromatic nitrogens is 3. The van der Waals surface area contributed by atoms with Crippen molar-refractivity contribution in [3.8, 4) is 11.1 Å². The van der Waals surface area contributed by atoms with Gasteiger partial charge in [-0.2, -0.15) is 0 Å². The molecule has 0 saturated heterocycles. The van der Waals surface area contributed by atoms with E-state index in [1.807, 2.05) is 0 Å². The van der Waals surface area contributed by atoms with Gasteiger partial charge in [0.25, 0.3) is 5.56 Å². The van der Waals surface area contributed by atoms with Crippen LogP contribution < -0.4 is 22.7 Å². The normalized spacial score (nSPS) is 11.2. The van der Waals surface area contributed by atoms with Gasteiger partial charge in [0.15, 0.2) is 0 Å². The molecule has 24 heavy (non-hydrogen) atoms. The number of benzene rings is 1. The maximum Gasteiger partial charge on any atom is 0.329 e. The van der Waals surface area contributed by atoms with Crippen LogP contribution in [0.2, 0.25) is 0 Å². The third-order valence-corrected chi connectivity index (χ3v) is 4.05. The van der Waals surface area contributed by atoms with Gasteiger partial charge in [-0.1, -0.05) is 6.07 Å². The molecule has 0 aliphatic carbocycles. The minimum absolute atomic E-state index is 0.0162. The van der Waals surface area contributed by atoms with Crippen LogP contribution in [0.3, 0.4) is 0 Å². The van der Waals surface area contributed by atoms with E-state index in [1.54, 1.807) is 13.0 Å². The molecule has 0 amide bonds. The van der Waals surface area contributed by atoms with E-state index in [-0.39, 0.29) is 23.4 Å². The van der Waals surface area contributed by atoms with Crippen molar-refractivity contribution >= 4 is 16.9 Å². The Labute approximate surface area is 135 Å². The molecule has 0 unspecified atom stereocenters. The van der Waals surface area contributed by atoms with E-state index < -0.39 is 17.1 Å². The minimum Gasteiger partial charge on any atom is -0.383 e. The lowest BCUT2D eigenvalue weighted by atomic mass is 9.94. The Balaban J connectivity index is 2.63. The molecule has 2 aromatic heterocycles. The van der Waals surface area contributed by atoms with Crippen LogP contribution in [0.15, 0.2) is 27.8 Å². The lowest BCUT2D eigenvalue weighted by Gasteiger charge is -2.16. The van der Waals surface area contributed by atoms with E-state index in [0.717, 1.165) is 10.1 Å². The number of aryl methyl sites for hydroxylation is 1. The molecule has 0 aliphatic rings. The summed E-state index contributed by atoms with van der Waals surface area (Å²) < 4.78 is 14.7. The van der Waals surface area contributed by atoms with Crippen LogP contribution >= 0.6 is 0 Å². The van der Waals surface area contributed by atoms with Gasteiger partial charge in [0.1, 0.15) is 17.3 Å². The Morgan fingerprint density at radius 3 is 2.71 bits per heavy atom. The van der Waals surface area contributed by atoms with Crippen LogP contribution in [0.4, 0.5) is 10.2 Å². The van der Waals surface area contributed by atoms with Gasteiger partial charge in [-0.25, -0.2) is 14.2 Å². The first-order valence-electron chi connectivity index (χ1n) is 7.23. The van der Waals surface area contributed by atoms with Gasteiger partial charge in [-0.3, -0.25) is 14.3 Å². The molecular formula is C16H16FN5O2. The van der Waals surface area contributed by atoms with E-state index >= 15 is 0 Å². The van der Waals surface area contributed by atoms with Gasteiger partial charge in [0.2, 0.25) is 0 Å². The molecule has 5 N–H and O–H groups in total.